The molecule has 0 saturated heterocycles. The van der Waals surface area contributed by atoms with Gasteiger partial charge in [-0.2, -0.15) is 13.5 Å². The maximum absolute atomic E-state index is 12.7. The van der Waals surface area contributed by atoms with E-state index in [1.54, 1.807) is 24.3 Å². The maximum Gasteiger partial charge on any atom is 0.339 e. The van der Waals surface area contributed by atoms with Crippen molar-refractivity contribution in [1.29, 1.82) is 0 Å². The summed E-state index contributed by atoms with van der Waals surface area (Å²) in [5.74, 6) is 0.280. The third-order valence-electron chi connectivity index (χ3n) is 6.53. The minimum Gasteiger partial charge on any atom is -0.507 e. The number of hydrazone groups is 1. The summed E-state index contributed by atoms with van der Waals surface area (Å²) in [6.07, 6.45) is 2.14. The molecule has 41 heavy (non-hydrogen) atoms. The van der Waals surface area contributed by atoms with Gasteiger partial charge >= 0.3 is 10.1 Å². The quantitative estimate of drug-likeness (QED) is 0.178. The molecule has 8 nitrogen and oxygen atoms in total. The number of aromatic hydroxyl groups is 1. The number of rotatable bonds is 9. The highest BCUT2D eigenvalue weighted by Crippen LogP contribution is 2.40. The number of carbonyl (C=O) groups excluding carboxylic acids is 1. The third-order valence-corrected chi connectivity index (χ3v) is 7.77. The number of hydrogen-bond donors (Lipinski definition) is 2. The van der Waals surface area contributed by atoms with Crippen molar-refractivity contribution in [3.63, 3.8) is 0 Å². The minimum absolute atomic E-state index is 0.0346. The molecular formula is C32H40N2O6S. The number of nitrogens with one attached hydrogen (secondary N) is 1. The van der Waals surface area contributed by atoms with Crippen molar-refractivity contribution in [2.24, 2.45) is 5.10 Å². The highest BCUT2D eigenvalue weighted by molar-refractivity contribution is 7.87. The molecule has 3 aromatic rings. The van der Waals surface area contributed by atoms with Crippen LogP contribution in [0, 0.1) is 6.92 Å². The van der Waals surface area contributed by atoms with Gasteiger partial charge in [-0.1, -0.05) is 71.4 Å². The number of phenolic OH excluding ortho intramolecular Hbond substituents is 1. The van der Waals surface area contributed by atoms with E-state index in [1.165, 1.54) is 31.5 Å². The standard InChI is InChI=1S/C32H40N2O6S/c1-21-9-13-24(14-10-21)41(37,38)40-27-15-11-23(19-28(27)39-8)20-33-34-29(35)16-12-22-17-25(31(2,3)4)30(36)26(18-22)32(5,6)7/h9-11,13-15,17-20,36H,12,16H2,1-8H3,(H,34,35)/b33-20-. The Morgan fingerprint density at radius 2 is 1.51 bits per heavy atom. The zero-order valence-corrected chi connectivity index (χ0v) is 25.8. The molecule has 0 saturated carbocycles. The van der Waals surface area contributed by atoms with Crippen molar-refractivity contribution in [3.8, 4) is 17.2 Å². The van der Waals surface area contributed by atoms with Crippen LogP contribution in [-0.2, 0) is 32.2 Å². The Morgan fingerprint density at radius 1 is 0.927 bits per heavy atom. The van der Waals surface area contributed by atoms with Crippen molar-refractivity contribution >= 4 is 22.2 Å². The van der Waals surface area contributed by atoms with Gasteiger partial charge in [-0.15, -0.1) is 0 Å². The van der Waals surface area contributed by atoms with Crippen LogP contribution in [0.25, 0.3) is 0 Å². The number of methoxy groups -OCH3 is 1. The number of amides is 1. The minimum atomic E-state index is -4.04. The summed E-state index contributed by atoms with van der Waals surface area (Å²) in [6, 6.07) is 14.9. The van der Waals surface area contributed by atoms with Gasteiger partial charge in [0.1, 0.15) is 10.6 Å². The normalized spacial score (nSPS) is 12.4. The predicted octanol–water partition coefficient (Wildman–Crippen LogP) is 6.15. The molecule has 220 valence electrons. The van der Waals surface area contributed by atoms with Gasteiger partial charge < -0.3 is 14.0 Å². The number of phenols is 1. The zero-order valence-electron chi connectivity index (χ0n) is 25.0. The third kappa shape index (κ3) is 8.33. The average molecular weight is 581 g/mol. The van der Waals surface area contributed by atoms with Gasteiger partial charge in [0.25, 0.3) is 0 Å². The Morgan fingerprint density at radius 3 is 2.05 bits per heavy atom. The highest BCUT2D eigenvalue weighted by Gasteiger charge is 2.26. The average Bonchev–Trinajstić information content (AvgIpc) is 2.87. The highest BCUT2D eigenvalue weighted by atomic mass is 32.2. The Labute approximate surface area is 243 Å². The molecule has 0 aliphatic rings. The maximum atomic E-state index is 12.7. The van der Waals surface area contributed by atoms with Gasteiger partial charge in [0, 0.05) is 6.42 Å². The van der Waals surface area contributed by atoms with Gasteiger partial charge in [0.05, 0.1) is 13.3 Å². The lowest BCUT2D eigenvalue weighted by molar-refractivity contribution is -0.121. The smallest absolute Gasteiger partial charge is 0.339 e. The van der Waals surface area contributed by atoms with Gasteiger partial charge in [-0.05, 0) is 76.8 Å². The summed E-state index contributed by atoms with van der Waals surface area (Å²) in [4.78, 5) is 12.6. The fourth-order valence-corrected chi connectivity index (χ4v) is 5.12. The Hall–Kier alpha value is -3.85. The van der Waals surface area contributed by atoms with Crippen molar-refractivity contribution in [3.05, 3.63) is 82.4 Å². The van der Waals surface area contributed by atoms with E-state index in [1.807, 2.05) is 19.1 Å². The van der Waals surface area contributed by atoms with Crippen LogP contribution >= 0.6 is 0 Å². The molecule has 0 unspecified atom stereocenters. The molecule has 0 atom stereocenters. The summed E-state index contributed by atoms with van der Waals surface area (Å²) in [7, 11) is -2.64. The number of benzene rings is 3. The second-order valence-electron chi connectivity index (χ2n) is 12.1. The van der Waals surface area contributed by atoms with Crippen LogP contribution in [0.2, 0.25) is 0 Å². The lowest BCUT2D eigenvalue weighted by atomic mass is 9.78. The topological polar surface area (TPSA) is 114 Å². The molecule has 0 aliphatic carbocycles. The van der Waals surface area contributed by atoms with E-state index in [2.05, 4.69) is 52.1 Å². The van der Waals surface area contributed by atoms with Crippen LogP contribution in [0.1, 0.15) is 75.8 Å². The Balaban J connectivity index is 1.67. The van der Waals surface area contributed by atoms with Gasteiger partial charge in [0.2, 0.25) is 5.91 Å². The summed E-state index contributed by atoms with van der Waals surface area (Å²) in [6.45, 7) is 14.2. The first kappa shape index (κ1) is 31.7. The van der Waals surface area contributed by atoms with Crippen LogP contribution in [-0.4, -0.2) is 32.8 Å². The number of aryl methyl sites for hydroxylation is 2. The Kier molecular flexibility index (Phi) is 9.54. The van der Waals surface area contributed by atoms with Crippen molar-refractivity contribution in [2.45, 2.75) is 77.0 Å². The first-order valence-corrected chi connectivity index (χ1v) is 14.8. The Bertz CT molecular complexity index is 1490. The van der Waals surface area contributed by atoms with E-state index in [4.69, 9.17) is 8.92 Å². The van der Waals surface area contributed by atoms with E-state index in [0.29, 0.717) is 17.7 Å². The van der Waals surface area contributed by atoms with E-state index >= 15 is 0 Å². The lowest BCUT2D eigenvalue weighted by Gasteiger charge is -2.28. The summed E-state index contributed by atoms with van der Waals surface area (Å²) in [5, 5.41) is 15.0. The number of ether oxygens (including phenoxy) is 1. The monoisotopic (exact) mass is 580 g/mol. The van der Waals surface area contributed by atoms with Crippen LogP contribution in [0.3, 0.4) is 0 Å². The lowest BCUT2D eigenvalue weighted by Crippen LogP contribution is -2.20. The molecule has 9 heteroatoms. The van der Waals surface area contributed by atoms with Crippen LogP contribution < -0.4 is 14.3 Å². The van der Waals surface area contributed by atoms with E-state index in [0.717, 1.165) is 22.3 Å². The number of hydrogen-bond acceptors (Lipinski definition) is 7. The van der Waals surface area contributed by atoms with E-state index in [-0.39, 0.29) is 39.6 Å². The fourth-order valence-electron chi connectivity index (χ4n) is 4.18. The van der Waals surface area contributed by atoms with Crippen molar-refractivity contribution in [2.75, 3.05) is 7.11 Å². The molecule has 0 fully saturated rings. The first-order valence-electron chi connectivity index (χ1n) is 13.4. The largest absolute Gasteiger partial charge is 0.507 e. The predicted molar refractivity (Wildman–Crippen MR) is 162 cm³/mol. The molecule has 0 radical (unpaired) electrons. The second-order valence-corrected chi connectivity index (χ2v) is 13.6. The summed E-state index contributed by atoms with van der Waals surface area (Å²) in [5.41, 5.74) is 6.21. The van der Waals surface area contributed by atoms with Gasteiger partial charge in [-0.25, -0.2) is 5.43 Å². The first-order chi connectivity index (χ1) is 19.0. The molecule has 0 bridgehead atoms. The van der Waals surface area contributed by atoms with Gasteiger partial charge in [0.15, 0.2) is 11.5 Å². The molecule has 0 aliphatic heterocycles. The molecule has 3 aromatic carbocycles. The van der Waals surface area contributed by atoms with E-state index in [9.17, 15) is 18.3 Å². The number of carbonyl (C=O) groups is 1. The summed E-state index contributed by atoms with van der Waals surface area (Å²) >= 11 is 0. The second kappa shape index (κ2) is 12.3. The molecule has 0 heterocycles. The molecule has 1 amide bonds. The van der Waals surface area contributed by atoms with Gasteiger partial charge in [-0.3, -0.25) is 4.79 Å². The molecule has 2 N–H and O–H groups in total. The molecule has 3 rings (SSSR count). The van der Waals surface area contributed by atoms with Crippen LogP contribution in [0.4, 0.5) is 0 Å². The SMILES string of the molecule is COc1cc(/C=N\NC(=O)CCc2cc(C(C)(C)C)c(O)c(C(C)(C)C)c2)ccc1OS(=O)(=O)c1ccc(C)cc1. The summed E-state index contributed by atoms with van der Waals surface area (Å²) < 4.78 is 36.0. The fraction of sp³-hybridized carbons (Fsp3) is 0.375. The van der Waals surface area contributed by atoms with Crippen molar-refractivity contribution < 1.29 is 27.2 Å². The number of nitrogens with zero attached hydrogens (tertiary/aromatic N) is 1. The van der Waals surface area contributed by atoms with Crippen LogP contribution in [0.5, 0.6) is 17.2 Å². The van der Waals surface area contributed by atoms with Crippen LogP contribution in [0.15, 0.2) is 64.6 Å². The molecular weight excluding hydrogens is 540 g/mol. The zero-order chi connectivity index (χ0) is 30.6. The molecule has 0 aromatic heterocycles. The van der Waals surface area contributed by atoms with E-state index < -0.39 is 10.1 Å². The molecule has 0 spiro atoms. The van der Waals surface area contributed by atoms with Crippen molar-refractivity contribution in [1.82, 2.24) is 5.43 Å².